The minimum atomic E-state index is -4.50. The summed E-state index contributed by atoms with van der Waals surface area (Å²) in [6, 6.07) is 8.77. The number of benzene rings is 1. The Balaban J connectivity index is 1.85. The normalized spacial score (nSPS) is 18.4. The predicted octanol–water partition coefficient (Wildman–Crippen LogP) is 5.25. The molecule has 4 rings (SSSR count). The highest BCUT2D eigenvalue weighted by molar-refractivity contribution is 5.80. The van der Waals surface area contributed by atoms with Gasteiger partial charge in [0, 0.05) is 49.7 Å². The van der Waals surface area contributed by atoms with Gasteiger partial charge in [-0.3, -0.25) is 4.79 Å². The molecule has 10 heteroatoms. The standard InChI is InChI=1S/C26H29F3N4O3/c1-15(2)25-32-23(16-7-9-31-21(12-16)30-3)24(17-5-4-6-18(11-17)26(27,28)29)33(25)10-8-20-13-19(34)14-22(35)36-20/h4-7,9,11-12,15,19-20,34H,8,10,13-14H2,1-3H3,(H,30,31). The minimum Gasteiger partial charge on any atom is -0.462 e. The Labute approximate surface area is 207 Å². The number of hydrogen-bond acceptors (Lipinski definition) is 6. The Bertz CT molecular complexity index is 1240. The number of alkyl halides is 3. The number of halogens is 3. The Morgan fingerprint density at radius 1 is 1.22 bits per heavy atom. The van der Waals surface area contributed by atoms with Crippen molar-refractivity contribution in [2.45, 2.75) is 64.0 Å². The van der Waals surface area contributed by atoms with Crippen molar-refractivity contribution < 1.29 is 27.8 Å². The van der Waals surface area contributed by atoms with Gasteiger partial charge in [0.05, 0.1) is 29.5 Å². The summed E-state index contributed by atoms with van der Waals surface area (Å²) >= 11 is 0. The number of aliphatic hydroxyl groups is 1. The average Bonchev–Trinajstić information content (AvgIpc) is 3.21. The molecule has 0 saturated carbocycles. The zero-order valence-electron chi connectivity index (χ0n) is 20.3. The fraction of sp³-hybridized carbons (Fsp3) is 0.423. The molecule has 36 heavy (non-hydrogen) atoms. The van der Waals surface area contributed by atoms with E-state index >= 15 is 0 Å². The molecule has 2 aromatic heterocycles. The van der Waals surface area contributed by atoms with E-state index in [1.807, 2.05) is 18.4 Å². The summed E-state index contributed by atoms with van der Waals surface area (Å²) in [6.45, 7) is 4.28. The van der Waals surface area contributed by atoms with Crippen LogP contribution in [0.5, 0.6) is 0 Å². The van der Waals surface area contributed by atoms with Crippen LogP contribution in [-0.2, 0) is 22.3 Å². The van der Waals surface area contributed by atoms with Crippen LogP contribution in [0, 0.1) is 0 Å². The number of carbonyl (C=O) groups is 1. The number of esters is 1. The number of aliphatic hydroxyl groups excluding tert-OH is 1. The van der Waals surface area contributed by atoms with E-state index in [1.54, 1.807) is 31.4 Å². The summed E-state index contributed by atoms with van der Waals surface area (Å²) in [4.78, 5) is 20.9. The molecule has 192 valence electrons. The second kappa shape index (κ2) is 10.3. The maximum absolute atomic E-state index is 13.6. The molecule has 0 amide bonds. The van der Waals surface area contributed by atoms with Crippen LogP contribution in [0.4, 0.5) is 19.0 Å². The first-order valence-electron chi connectivity index (χ1n) is 11.9. The molecule has 2 unspecified atom stereocenters. The van der Waals surface area contributed by atoms with Gasteiger partial charge in [-0.15, -0.1) is 0 Å². The van der Waals surface area contributed by atoms with E-state index in [0.717, 1.165) is 12.1 Å². The van der Waals surface area contributed by atoms with Crippen LogP contribution in [-0.4, -0.2) is 44.9 Å². The van der Waals surface area contributed by atoms with Gasteiger partial charge in [0.1, 0.15) is 17.7 Å². The number of aromatic nitrogens is 3. The van der Waals surface area contributed by atoms with Gasteiger partial charge in [0.25, 0.3) is 0 Å². The Morgan fingerprint density at radius 3 is 2.67 bits per heavy atom. The average molecular weight is 503 g/mol. The van der Waals surface area contributed by atoms with Gasteiger partial charge >= 0.3 is 12.1 Å². The summed E-state index contributed by atoms with van der Waals surface area (Å²) in [5, 5.41) is 13.0. The minimum absolute atomic E-state index is 0.0334. The van der Waals surface area contributed by atoms with E-state index in [2.05, 4.69) is 10.3 Å². The van der Waals surface area contributed by atoms with Crippen molar-refractivity contribution in [3.8, 4) is 22.5 Å². The van der Waals surface area contributed by atoms with E-state index in [1.165, 1.54) is 6.07 Å². The molecule has 0 aliphatic carbocycles. The highest BCUT2D eigenvalue weighted by Gasteiger charge is 2.32. The van der Waals surface area contributed by atoms with Crippen LogP contribution in [0.2, 0.25) is 0 Å². The van der Waals surface area contributed by atoms with Gasteiger partial charge in [0.2, 0.25) is 0 Å². The lowest BCUT2D eigenvalue weighted by atomic mass is 10.0. The molecule has 1 aliphatic heterocycles. The fourth-order valence-electron chi connectivity index (χ4n) is 4.50. The molecule has 7 nitrogen and oxygen atoms in total. The van der Waals surface area contributed by atoms with Crippen molar-refractivity contribution in [1.29, 1.82) is 0 Å². The highest BCUT2D eigenvalue weighted by atomic mass is 19.4. The Morgan fingerprint density at radius 2 is 2.00 bits per heavy atom. The number of cyclic esters (lactones) is 1. The fourth-order valence-corrected chi connectivity index (χ4v) is 4.50. The number of nitrogens with zero attached hydrogens (tertiary/aromatic N) is 3. The number of pyridine rings is 1. The first-order valence-corrected chi connectivity index (χ1v) is 11.9. The molecule has 0 radical (unpaired) electrons. The molecular weight excluding hydrogens is 473 g/mol. The third-order valence-electron chi connectivity index (χ3n) is 6.18. The lowest BCUT2D eigenvalue weighted by Gasteiger charge is -2.26. The summed E-state index contributed by atoms with van der Waals surface area (Å²) in [6.07, 6.45) is -3.45. The van der Waals surface area contributed by atoms with E-state index in [-0.39, 0.29) is 12.3 Å². The van der Waals surface area contributed by atoms with Gasteiger partial charge in [-0.2, -0.15) is 13.2 Å². The zero-order chi connectivity index (χ0) is 26.0. The third kappa shape index (κ3) is 5.53. The largest absolute Gasteiger partial charge is 0.462 e. The molecule has 3 heterocycles. The number of ether oxygens (including phenoxy) is 1. The quantitative estimate of drug-likeness (QED) is 0.429. The Kier molecular flexibility index (Phi) is 7.35. The Hall–Kier alpha value is -3.40. The number of carbonyl (C=O) groups excluding carboxylic acids is 1. The molecule has 1 fully saturated rings. The molecule has 0 bridgehead atoms. The summed E-state index contributed by atoms with van der Waals surface area (Å²) < 4.78 is 48.1. The van der Waals surface area contributed by atoms with Crippen molar-refractivity contribution >= 4 is 11.8 Å². The van der Waals surface area contributed by atoms with Crippen molar-refractivity contribution in [3.05, 3.63) is 54.0 Å². The number of anilines is 1. The van der Waals surface area contributed by atoms with E-state index in [0.29, 0.717) is 53.5 Å². The maximum Gasteiger partial charge on any atom is 0.416 e. The van der Waals surface area contributed by atoms with Crippen LogP contribution in [0.25, 0.3) is 22.5 Å². The molecule has 2 atom stereocenters. The second-order valence-electron chi connectivity index (χ2n) is 9.23. The van der Waals surface area contributed by atoms with Crippen LogP contribution in [0.3, 0.4) is 0 Å². The topological polar surface area (TPSA) is 89.3 Å². The van der Waals surface area contributed by atoms with Crippen molar-refractivity contribution in [2.24, 2.45) is 0 Å². The highest BCUT2D eigenvalue weighted by Crippen LogP contribution is 2.38. The predicted molar refractivity (Wildman–Crippen MR) is 129 cm³/mol. The van der Waals surface area contributed by atoms with Crippen molar-refractivity contribution in [2.75, 3.05) is 12.4 Å². The first kappa shape index (κ1) is 25.7. The third-order valence-corrected chi connectivity index (χ3v) is 6.18. The number of rotatable bonds is 7. The van der Waals surface area contributed by atoms with Crippen LogP contribution in [0.1, 0.15) is 50.4 Å². The van der Waals surface area contributed by atoms with Gasteiger partial charge in [0.15, 0.2) is 0 Å². The zero-order valence-corrected chi connectivity index (χ0v) is 20.3. The first-order chi connectivity index (χ1) is 17.1. The van der Waals surface area contributed by atoms with Crippen molar-refractivity contribution in [1.82, 2.24) is 14.5 Å². The maximum atomic E-state index is 13.6. The number of imidazole rings is 1. The summed E-state index contributed by atoms with van der Waals surface area (Å²) in [5.74, 6) is 0.811. The van der Waals surface area contributed by atoms with Crippen LogP contribution < -0.4 is 5.32 Å². The lowest BCUT2D eigenvalue weighted by Crippen LogP contribution is -2.33. The number of hydrogen-bond donors (Lipinski definition) is 2. The monoisotopic (exact) mass is 502 g/mol. The van der Waals surface area contributed by atoms with Gasteiger partial charge < -0.3 is 19.7 Å². The van der Waals surface area contributed by atoms with Gasteiger partial charge in [-0.1, -0.05) is 26.0 Å². The smallest absolute Gasteiger partial charge is 0.416 e. The molecule has 1 saturated heterocycles. The second-order valence-corrected chi connectivity index (χ2v) is 9.23. The molecule has 3 aromatic rings. The molecule has 2 N–H and O–H groups in total. The number of nitrogens with one attached hydrogen (secondary N) is 1. The van der Waals surface area contributed by atoms with Gasteiger partial charge in [-0.25, -0.2) is 9.97 Å². The molecule has 0 spiro atoms. The van der Waals surface area contributed by atoms with E-state index < -0.39 is 29.9 Å². The van der Waals surface area contributed by atoms with E-state index in [9.17, 15) is 23.1 Å². The van der Waals surface area contributed by atoms with Gasteiger partial charge in [-0.05, 0) is 24.3 Å². The summed E-state index contributed by atoms with van der Waals surface area (Å²) in [7, 11) is 1.73. The van der Waals surface area contributed by atoms with Crippen molar-refractivity contribution in [3.63, 3.8) is 0 Å². The molecule has 1 aliphatic rings. The molecule has 1 aromatic carbocycles. The molecular formula is C26H29F3N4O3. The SMILES string of the molecule is CNc1cc(-c2nc(C(C)C)n(CCC3CC(O)CC(=O)O3)c2-c2cccc(C(F)(F)F)c2)ccn1. The lowest BCUT2D eigenvalue weighted by molar-refractivity contribution is -0.160. The van der Waals surface area contributed by atoms with Crippen LogP contribution >= 0.6 is 0 Å². The van der Waals surface area contributed by atoms with E-state index in [4.69, 9.17) is 9.72 Å². The van der Waals surface area contributed by atoms with Crippen LogP contribution in [0.15, 0.2) is 42.6 Å². The summed E-state index contributed by atoms with van der Waals surface area (Å²) in [5.41, 5.74) is 1.42.